The van der Waals surface area contributed by atoms with E-state index < -0.39 is 23.7 Å². The monoisotopic (exact) mass is 461 g/mol. The third-order valence-corrected chi connectivity index (χ3v) is 6.33. The van der Waals surface area contributed by atoms with E-state index >= 15 is 0 Å². The summed E-state index contributed by atoms with van der Waals surface area (Å²) in [5, 5.41) is 6.66. The Labute approximate surface area is 181 Å². The van der Waals surface area contributed by atoms with Crippen LogP contribution in [-0.2, 0) is 19.0 Å². The molecule has 0 unspecified atom stereocenters. The number of alkyl halides is 3. The zero-order valence-electron chi connectivity index (χ0n) is 16.2. The van der Waals surface area contributed by atoms with Crippen LogP contribution in [0.4, 0.5) is 18.2 Å². The number of nitrogens with zero attached hydrogens (tertiary/aromatic N) is 3. The van der Waals surface area contributed by atoms with E-state index in [0.29, 0.717) is 10.9 Å². The third-order valence-electron chi connectivity index (χ3n) is 5.12. The van der Waals surface area contributed by atoms with E-state index in [-0.39, 0.29) is 33.4 Å². The Morgan fingerprint density at radius 2 is 2.06 bits per heavy atom. The Hall–Kier alpha value is -3.67. The zero-order chi connectivity index (χ0) is 22.6. The number of primary amides is 1. The van der Waals surface area contributed by atoms with Crippen molar-refractivity contribution in [3.8, 4) is 11.5 Å². The van der Waals surface area contributed by atoms with Crippen molar-refractivity contribution in [2.45, 2.75) is 25.4 Å². The number of carbonyl (C=O) groups is 2. The van der Waals surface area contributed by atoms with Crippen LogP contribution in [0, 0.1) is 0 Å². The Morgan fingerprint density at radius 3 is 2.75 bits per heavy atom. The molecule has 0 saturated heterocycles. The number of hydrogen-bond acceptors (Lipinski definition) is 6. The molecule has 4 heterocycles. The quantitative estimate of drug-likeness (QED) is 0.478. The summed E-state index contributed by atoms with van der Waals surface area (Å²) in [4.78, 5) is 29.8. The van der Waals surface area contributed by atoms with Crippen molar-refractivity contribution in [1.29, 1.82) is 0 Å². The highest BCUT2D eigenvalue weighted by Crippen LogP contribution is 2.39. The molecule has 0 spiro atoms. The number of halogens is 3. The van der Waals surface area contributed by atoms with Crippen LogP contribution in [0.25, 0.3) is 17.1 Å². The second-order valence-electron chi connectivity index (χ2n) is 7.18. The van der Waals surface area contributed by atoms with Crippen molar-refractivity contribution >= 4 is 33.8 Å². The van der Waals surface area contributed by atoms with Gasteiger partial charge in [-0.1, -0.05) is 0 Å². The van der Waals surface area contributed by atoms with Gasteiger partial charge in [0.2, 0.25) is 0 Å². The van der Waals surface area contributed by atoms with Gasteiger partial charge in [-0.2, -0.15) is 18.3 Å². The number of carbonyl (C=O) groups excluding carboxylic acids is 2. The van der Waals surface area contributed by atoms with E-state index in [1.807, 2.05) is 0 Å². The number of furan rings is 1. The summed E-state index contributed by atoms with van der Waals surface area (Å²) in [5.74, 6) is -1.30. The minimum Gasteiger partial charge on any atom is -0.463 e. The van der Waals surface area contributed by atoms with Crippen molar-refractivity contribution in [3.63, 3.8) is 0 Å². The van der Waals surface area contributed by atoms with Gasteiger partial charge in [0.15, 0.2) is 22.8 Å². The predicted molar refractivity (Wildman–Crippen MR) is 109 cm³/mol. The number of fused-ring (bicyclic) bond motifs is 2. The lowest BCUT2D eigenvalue weighted by atomic mass is 10.1. The first-order valence-electron chi connectivity index (χ1n) is 9.50. The maximum atomic E-state index is 13.7. The lowest BCUT2D eigenvalue weighted by Crippen LogP contribution is -2.18. The molecule has 0 radical (unpaired) electrons. The molecule has 8 nitrogen and oxygen atoms in total. The van der Waals surface area contributed by atoms with E-state index in [4.69, 9.17) is 10.2 Å². The lowest BCUT2D eigenvalue weighted by molar-refractivity contribution is -0.142. The second kappa shape index (κ2) is 7.19. The molecule has 164 valence electrons. The van der Waals surface area contributed by atoms with E-state index in [9.17, 15) is 22.8 Å². The minimum absolute atomic E-state index is 0.0487. The molecular formula is C20H14F3N5O3S. The number of anilines is 1. The number of nitrogens with two attached hydrogens (primary N) is 1. The van der Waals surface area contributed by atoms with E-state index in [0.717, 1.165) is 35.4 Å². The number of amides is 2. The van der Waals surface area contributed by atoms with Gasteiger partial charge in [-0.3, -0.25) is 9.59 Å². The number of hydrogen-bond donors (Lipinski definition) is 2. The molecule has 0 atom stereocenters. The van der Waals surface area contributed by atoms with Crippen molar-refractivity contribution in [1.82, 2.24) is 14.6 Å². The van der Waals surface area contributed by atoms with Gasteiger partial charge >= 0.3 is 6.18 Å². The fraction of sp³-hybridized carbons (Fsp3) is 0.200. The third kappa shape index (κ3) is 3.32. The second-order valence-corrected chi connectivity index (χ2v) is 8.29. The van der Waals surface area contributed by atoms with Gasteiger partial charge in [0.05, 0.1) is 11.8 Å². The Morgan fingerprint density at radius 1 is 1.25 bits per heavy atom. The summed E-state index contributed by atoms with van der Waals surface area (Å²) in [5.41, 5.74) is 4.92. The van der Waals surface area contributed by atoms with E-state index in [1.54, 1.807) is 0 Å². The first-order chi connectivity index (χ1) is 15.2. The fourth-order valence-electron chi connectivity index (χ4n) is 3.76. The highest BCUT2D eigenvalue weighted by atomic mass is 32.1. The van der Waals surface area contributed by atoms with Gasteiger partial charge < -0.3 is 15.5 Å². The van der Waals surface area contributed by atoms with Crippen LogP contribution < -0.4 is 11.1 Å². The fourth-order valence-corrected chi connectivity index (χ4v) is 5.05. The largest absolute Gasteiger partial charge is 0.463 e. The summed E-state index contributed by atoms with van der Waals surface area (Å²) < 4.78 is 46.7. The predicted octanol–water partition coefficient (Wildman–Crippen LogP) is 3.91. The van der Waals surface area contributed by atoms with Crippen LogP contribution >= 0.6 is 11.3 Å². The van der Waals surface area contributed by atoms with Crippen LogP contribution in [-0.4, -0.2) is 26.4 Å². The molecule has 3 N–H and O–H groups in total. The van der Waals surface area contributed by atoms with Crippen molar-refractivity contribution in [3.05, 3.63) is 57.9 Å². The molecule has 0 aromatic carbocycles. The van der Waals surface area contributed by atoms with Crippen molar-refractivity contribution in [2.24, 2.45) is 5.73 Å². The smallest absolute Gasteiger partial charge is 0.433 e. The van der Waals surface area contributed by atoms with E-state index in [2.05, 4.69) is 15.4 Å². The molecule has 5 rings (SSSR count). The molecule has 0 bridgehead atoms. The van der Waals surface area contributed by atoms with Gasteiger partial charge in [-0.25, -0.2) is 9.50 Å². The first kappa shape index (κ1) is 20.2. The van der Waals surface area contributed by atoms with Gasteiger partial charge in [0.1, 0.15) is 10.7 Å². The van der Waals surface area contributed by atoms with Gasteiger partial charge in [0.25, 0.3) is 11.8 Å². The Kier molecular flexibility index (Phi) is 4.55. The topological polar surface area (TPSA) is 116 Å². The average Bonchev–Trinajstić information content (AvgIpc) is 3.48. The highest BCUT2D eigenvalue weighted by Gasteiger charge is 2.36. The molecule has 4 aromatic rings. The number of aryl methyl sites for hydroxylation is 1. The molecule has 2 amide bonds. The lowest BCUT2D eigenvalue weighted by Gasteiger charge is -2.09. The van der Waals surface area contributed by atoms with Crippen LogP contribution in [0.2, 0.25) is 0 Å². The number of thiophene rings is 1. The number of nitrogens with one attached hydrogen (secondary N) is 1. The summed E-state index contributed by atoms with van der Waals surface area (Å²) >= 11 is 1.24. The van der Waals surface area contributed by atoms with Crippen LogP contribution in [0.3, 0.4) is 0 Å². The average molecular weight is 461 g/mol. The zero-order valence-corrected chi connectivity index (χ0v) is 17.0. The Balaban J connectivity index is 1.55. The molecule has 12 heteroatoms. The molecule has 0 aliphatic heterocycles. The van der Waals surface area contributed by atoms with Crippen molar-refractivity contribution in [2.75, 3.05) is 5.32 Å². The maximum Gasteiger partial charge on any atom is 0.433 e. The van der Waals surface area contributed by atoms with Gasteiger partial charge in [-0.05, 0) is 43.0 Å². The molecule has 1 aliphatic carbocycles. The summed E-state index contributed by atoms with van der Waals surface area (Å²) in [6.45, 7) is 0. The maximum absolute atomic E-state index is 13.7. The molecule has 32 heavy (non-hydrogen) atoms. The van der Waals surface area contributed by atoms with Crippen LogP contribution in [0.1, 0.15) is 43.4 Å². The molecular weight excluding hydrogens is 447 g/mol. The van der Waals surface area contributed by atoms with Gasteiger partial charge in [0, 0.05) is 10.9 Å². The molecule has 1 aliphatic rings. The SMILES string of the molecule is NC(=O)c1c(NC(=O)c2cc3nc(-c4ccco4)cc(C(F)(F)F)n3n2)sc2c1CCC2. The Bertz CT molecular complexity index is 1370. The van der Waals surface area contributed by atoms with Crippen molar-refractivity contribution < 1.29 is 27.2 Å². The number of aromatic nitrogens is 3. The van der Waals surface area contributed by atoms with E-state index in [1.165, 1.54) is 29.7 Å². The molecule has 0 fully saturated rings. The van der Waals surface area contributed by atoms with Crippen LogP contribution in [0.15, 0.2) is 34.9 Å². The minimum atomic E-state index is -4.75. The van der Waals surface area contributed by atoms with Gasteiger partial charge in [-0.15, -0.1) is 11.3 Å². The molecule has 4 aromatic heterocycles. The normalized spacial score (nSPS) is 13.5. The standard InChI is InChI=1S/C20H14F3N5O3S/c21-20(22,23)14-7-10(12-4-2-6-31-12)25-15-8-11(27-28(14)15)18(30)26-19-16(17(24)29)9-3-1-5-13(9)32-19/h2,4,6-8H,1,3,5H2,(H2,24,29)(H,26,30). The summed E-state index contributed by atoms with van der Waals surface area (Å²) in [6, 6.07) is 4.94. The summed E-state index contributed by atoms with van der Waals surface area (Å²) in [6.07, 6.45) is -1.08. The molecule has 0 saturated carbocycles. The summed E-state index contributed by atoms with van der Waals surface area (Å²) in [7, 11) is 0. The number of rotatable bonds is 4. The first-order valence-corrected chi connectivity index (χ1v) is 10.3. The highest BCUT2D eigenvalue weighted by molar-refractivity contribution is 7.17. The van der Waals surface area contributed by atoms with Crippen LogP contribution in [0.5, 0.6) is 0 Å².